The second kappa shape index (κ2) is 29.3. The molecule has 0 amide bonds. The molecule has 0 nitrogen and oxygen atoms in total. The molecule has 4 aromatic rings. The molecule has 0 aromatic heterocycles. The minimum atomic E-state index is 0. The molecule has 0 fully saturated rings. The fourth-order valence-electron chi connectivity index (χ4n) is 11.5. The van der Waals surface area contributed by atoms with Gasteiger partial charge in [0.2, 0.25) is 0 Å². The van der Waals surface area contributed by atoms with Crippen LogP contribution in [0.4, 0.5) is 0 Å². The summed E-state index contributed by atoms with van der Waals surface area (Å²) in [6, 6.07) is 33.2. The largest absolute Gasteiger partial charge is 1.00 e. The third-order valence-corrected chi connectivity index (χ3v) is 14.9. The Kier molecular flexibility index (Phi) is 24.8. The zero-order valence-corrected chi connectivity index (χ0v) is 42.0. The van der Waals surface area contributed by atoms with Gasteiger partial charge < -0.3 is 0 Å². The monoisotopic (exact) mass is 843 g/mol. The zero-order valence-electron chi connectivity index (χ0n) is 42.0. The first-order valence-electron chi connectivity index (χ1n) is 26.3. The van der Waals surface area contributed by atoms with Gasteiger partial charge >= 0.3 is 37.7 Å². The maximum Gasteiger partial charge on any atom is 1.00 e. The van der Waals surface area contributed by atoms with E-state index in [-0.39, 0.29) is 48.6 Å². The summed E-state index contributed by atoms with van der Waals surface area (Å²) in [4.78, 5) is 0. The normalized spacial score (nSPS) is 14.0. The number of allylic oxidation sites excluding steroid dienone is 2. The van der Waals surface area contributed by atoms with Crippen LogP contribution in [0.1, 0.15) is 241 Å². The van der Waals surface area contributed by atoms with E-state index in [4.69, 9.17) is 0 Å². The quantitative estimate of drug-likeness (QED) is 0.0205. The van der Waals surface area contributed by atoms with Gasteiger partial charge in [0.15, 0.2) is 0 Å². The van der Waals surface area contributed by atoms with E-state index in [1.165, 1.54) is 213 Å². The van der Waals surface area contributed by atoms with Crippen LogP contribution in [-0.2, 0) is 10.8 Å². The Morgan fingerprint density at radius 3 is 0.938 bits per heavy atom. The third-order valence-electron chi connectivity index (χ3n) is 14.9. The van der Waals surface area contributed by atoms with E-state index in [2.05, 4.69) is 137 Å². The molecule has 0 bridgehead atoms. The van der Waals surface area contributed by atoms with Crippen LogP contribution >= 0.6 is 0 Å². The van der Waals surface area contributed by atoms with Crippen LogP contribution in [0.3, 0.4) is 0 Å². The molecule has 0 atom stereocenters. The molecule has 4 aromatic carbocycles. The predicted octanol–water partition coefficient (Wildman–Crippen LogP) is 13.3. The van der Waals surface area contributed by atoms with Crippen LogP contribution in [0.5, 0.6) is 0 Å². The molecule has 2 aliphatic carbocycles. The molecule has 0 saturated heterocycles. The molecule has 2 aliphatic rings. The number of hydrogen-bond donors (Lipinski definition) is 0. The van der Waals surface area contributed by atoms with Gasteiger partial charge in [0.25, 0.3) is 0 Å². The van der Waals surface area contributed by atoms with Gasteiger partial charge in [-0.1, -0.05) is 254 Å². The van der Waals surface area contributed by atoms with Gasteiger partial charge in [0.1, 0.15) is 0 Å². The van der Waals surface area contributed by atoms with Crippen molar-refractivity contribution in [1.82, 2.24) is 0 Å². The van der Waals surface area contributed by atoms with Crippen molar-refractivity contribution < 1.29 is 37.7 Å². The molecule has 64 heavy (non-hydrogen) atoms. The molecule has 2 heteroatoms. The number of benzene rings is 4. The van der Waals surface area contributed by atoms with Crippen molar-refractivity contribution >= 4 is 0 Å². The molecule has 0 N–H and O–H groups in total. The van der Waals surface area contributed by atoms with Crippen molar-refractivity contribution in [2.24, 2.45) is 0 Å². The van der Waals surface area contributed by atoms with Crippen molar-refractivity contribution in [3.05, 3.63) is 143 Å². The van der Waals surface area contributed by atoms with Crippen LogP contribution in [0.2, 0.25) is 0 Å². The van der Waals surface area contributed by atoms with E-state index in [0.717, 1.165) is 0 Å². The Morgan fingerprint density at radius 2 is 0.609 bits per heavy atom. The summed E-state index contributed by atoms with van der Waals surface area (Å²) >= 11 is 0. The molecule has 0 heterocycles. The van der Waals surface area contributed by atoms with Gasteiger partial charge in [0.05, 0.1) is 0 Å². The van der Waals surface area contributed by atoms with Gasteiger partial charge in [-0.05, 0) is 59.1 Å². The Bertz CT molecular complexity index is 1810. The number of unbranched alkanes of at least 4 members (excludes halogenated alkanes) is 20. The zero-order chi connectivity index (χ0) is 43.3. The van der Waals surface area contributed by atoms with Crippen molar-refractivity contribution in [2.45, 2.75) is 218 Å². The van der Waals surface area contributed by atoms with Gasteiger partial charge in [-0.25, -0.2) is 12.2 Å². The summed E-state index contributed by atoms with van der Waals surface area (Å²) in [5.74, 6) is 0. The summed E-state index contributed by atoms with van der Waals surface area (Å²) in [5.41, 5.74) is 14.7. The van der Waals surface area contributed by atoms with Crippen molar-refractivity contribution in [3.63, 3.8) is 0 Å². The van der Waals surface area contributed by atoms with Crippen LogP contribution in [0.25, 0.3) is 22.3 Å². The average Bonchev–Trinajstić information content (AvgIpc) is 3.73. The molecule has 0 unspecified atom stereocenters. The summed E-state index contributed by atoms with van der Waals surface area (Å²) in [6.45, 7) is 9.29. The Morgan fingerprint density at radius 1 is 0.328 bits per heavy atom. The summed E-state index contributed by atoms with van der Waals surface area (Å²) < 4.78 is 0. The van der Waals surface area contributed by atoms with Gasteiger partial charge in [-0.3, -0.25) is 0 Å². The Balaban J connectivity index is 0.00000449. The average molecular weight is 843 g/mol. The topological polar surface area (TPSA) is 0 Å². The van der Waals surface area contributed by atoms with E-state index < -0.39 is 0 Å². The molecule has 0 saturated carbocycles. The van der Waals surface area contributed by atoms with Crippen molar-refractivity contribution in [3.8, 4) is 22.3 Å². The van der Waals surface area contributed by atoms with E-state index in [1.807, 2.05) is 0 Å². The predicted molar refractivity (Wildman–Crippen MR) is 271 cm³/mol. The standard InChI is InChI=1S/C62H84.2Li/c1-5-9-13-17-21-31-45-61(46-32-22-18-14-10-6-2)57-39-29-27-37-53(57)55-43-41-51(49-59(55)61)35-25-26-36-52-42-44-56-54-38-28-30-40-58(54)62(60(56)50-52,47-33-23-19-15-11-7-3)48-34-24-20-16-12-8-4;;/h25-30,37-44,49-50H,5-24,31-34,45-48H2,1-4H3;;/q-2;2*+1. The number of fused-ring (bicyclic) bond motifs is 6. The number of rotatable bonds is 31. The molecule has 6 rings (SSSR count). The SMILES string of the molecule is CCCCCCCCC1(CCCCCCCC)c2ccccc2-c2ccc([C-]=CC=[C-]c3ccc4c(c3)C(CCCCCCCC)(CCCCCCCC)c3ccccc3-4)cc21.[Li+].[Li+]. The smallest absolute Gasteiger partial charge is 0.219 e. The minimum absolute atomic E-state index is 0. The summed E-state index contributed by atoms with van der Waals surface area (Å²) in [5, 5.41) is 0. The Labute approximate surface area is 418 Å². The van der Waals surface area contributed by atoms with E-state index in [0.29, 0.717) is 0 Å². The molecular formula is C62H84Li2. The maximum atomic E-state index is 3.73. The first kappa shape index (κ1) is 54.2. The first-order chi connectivity index (χ1) is 30.6. The fraction of sp³-hybridized carbons (Fsp3) is 0.548. The van der Waals surface area contributed by atoms with E-state index >= 15 is 0 Å². The van der Waals surface area contributed by atoms with Crippen LogP contribution in [0, 0.1) is 12.2 Å². The first-order valence-corrected chi connectivity index (χ1v) is 26.3. The minimum Gasteiger partial charge on any atom is -0.219 e. The second-order valence-electron chi connectivity index (χ2n) is 19.5. The fourth-order valence-corrected chi connectivity index (χ4v) is 11.5. The van der Waals surface area contributed by atoms with Gasteiger partial charge in [-0.15, -0.1) is 24.3 Å². The molecular weight excluding hydrogens is 759 g/mol. The molecule has 0 spiro atoms. The van der Waals surface area contributed by atoms with E-state index in [1.54, 1.807) is 22.3 Å². The summed E-state index contributed by atoms with van der Waals surface area (Å²) in [6.07, 6.45) is 49.0. The number of hydrogen-bond acceptors (Lipinski definition) is 0. The Hall–Kier alpha value is -2.45. The van der Waals surface area contributed by atoms with Gasteiger partial charge in [-0.2, -0.15) is 23.3 Å². The molecule has 0 aliphatic heterocycles. The van der Waals surface area contributed by atoms with Crippen LogP contribution < -0.4 is 37.7 Å². The molecule has 0 radical (unpaired) electrons. The van der Waals surface area contributed by atoms with Crippen molar-refractivity contribution in [2.75, 3.05) is 0 Å². The second-order valence-corrected chi connectivity index (χ2v) is 19.5. The van der Waals surface area contributed by atoms with Crippen LogP contribution in [-0.4, -0.2) is 0 Å². The maximum absolute atomic E-state index is 3.73. The molecule has 334 valence electrons. The van der Waals surface area contributed by atoms with Crippen molar-refractivity contribution in [1.29, 1.82) is 0 Å². The van der Waals surface area contributed by atoms with E-state index in [9.17, 15) is 0 Å². The van der Waals surface area contributed by atoms with Gasteiger partial charge in [0, 0.05) is 10.8 Å². The summed E-state index contributed by atoms with van der Waals surface area (Å²) in [7, 11) is 0. The third kappa shape index (κ3) is 14.0. The van der Waals surface area contributed by atoms with Crippen LogP contribution in [0.15, 0.2) is 97.1 Å².